The van der Waals surface area contributed by atoms with E-state index in [1.807, 2.05) is 30.3 Å². The number of benzene rings is 2. The number of ether oxygens (including phenoxy) is 1. The second-order valence-corrected chi connectivity index (χ2v) is 8.41. The largest absolute Gasteiger partial charge is 0.439 e. The van der Waals surface area contributed by atoms with Crippen molar-refractivity contribution in [3.05, 3.63) is 78.5 Å². The molecule has 0 spiro atoms. The van der Waals surface area contributed by atoms with E-state index in [9.17, 15) is 0 Å². The number of rotatable bonds is 6. The van der Waals surface area contributed by atoms with E-state index in [-0.39, 0.29) is 0 Å². The molecule has 0 unspecified atom stereocenters. The quantitative estimate of drug-likeness (QED) is 0.489. The van der Waals surface area contributed by atoms with Gasteiger partial charge in [0.05, 0.1) is 0 Å². The molecule has 4 heteroatoms. The minimum atomic E-state index is 0.494. The molecule has 30 heavy (non-hydrogen) atoms. The topological polar surface area (TPSA) is 28.6 Å². The lowest BCUT2D eigenvalue weighted by molar-refractivity contribution is 0.255. The van der Waals surface area contributed by atoms with Crippen LogP contribution >= 0.6 is 0 Å². The first kappa shape index (κ1) is 20.4. The number of anilines is 2. The fourth-order valence-corrected chi connectivity index (χ4v) is 4.05. The van der Waals surface area contributed by atoms with Gasteiger partial charge in [-0.15, -0.1) is 0 Å². The predicted octanol–water partition coefficient (Wildman–Crippen LogP) is 6.23. The molecule has 1 aromatic heterocycles. The number of pyridine rings is 1. The smallest absolute Gasteiger partial charge is 0.219 e. The molecular weight excluding hydrogens is 370 g/mol. The highest BCUT2D eigenvalue weighted by Gasteiger charge is 2.25. The van der Waals surface area contributed by atoms with Crippen molar-refractivity contribution in [2.24, 2.45) is 0 Å². The third-order valence-corrected chi connectivity index (χ3v) is 5.87. The first-order valence-corrected chi connectivity index (χ1v) is 10.9. The van der Waals surface area contributed by atoms with E-state index >= 15 is 0 Å². The Kier molecular flexibility index (Phi) is 6.34. The molecule has 0 N–H and O–H groups in total. The highest BCUT2D eigenvalue weighted by Crippen LogP contribution is 2.34. The summed E-state index contributed by atoms with van der Waals surface area (Å²) in [6.07, 6.45) is 4.07. The van der Waals surface area contributed by atoms with Crippen LogP contribution in [0.4, 0.5) is 11.4 Å². The molecule has 1 aliphatic heterocycles. The number of likely N-dealkylation sites (tertiary alicyclic amines) is 1. The summed E-state index contributed by atoms with van der Waals surface area (Å²) in [6, 6.07) is 23.6. The highest BCUT2D eigenvalue weighted by molar-refractivity contribution is 5.65. The highest BCUT2D eigenvalue weighted by atomic mass is 16.5. The molecule has 0 radical (unpaired) electrons. The monoisotopic (exact) mass is 401 g/mol. The van der Waals surface area contributed by atoms with Crippen LogP contribution in [0.3, 0.4) is 0 Å². The number of hydrogen-bond acceptors (Lipinski definition) is 4. The maximum absolute atomic E-state index is 5.88. The first-order chi connectivity index (χ1) is 14.6. The maximum Gasteiger partial charge on any atom is 0.219 e. The summed E-state index contributed by atoms with van der Waals surface area (Å²) >= 11 is 0. The van der Waals surface area contributed by atoms with Gasteiger partial charge in [-0.3, -0.25) is 0 Å². The molecule has 4 rings (SSSR count). The fraction of sp³-hybridized carbons (Fsp3) is 0.346. The molecule has 0 atom stereocenters. The lowest BCUT2D eigenvalue weighted by Crippen LogP contribution is -2.41. The standard InChI is InChI=1S/C26H31N3O/c1-20(2)21-7-9-22(10-8-21)29(24-15-18-28(3)19-16-24)23-11-13-25(14-12-23)30-26-6-4-5-17-27-26/h4-14,17,20,24H,15-16,18-19H2,1-3H3. The molecule has 0 aliphatic carbocycles. The van der Waals surface area contributed by atoms with Gasteiger partial charge >= 0.3 is 0 Å². The van der Waals surface area contributed by atoms with Gasteiger partial charge in [-0.2, -0.15) is 0 Å². The normalized spacial score (nSPS) is 15.3. The third-order valence-electron chi connectivity index (χ3n) is 5.87. The van der Waals surface area contributed by atoms with Crippen LogP contribution in [0, 0.1) is 0 Å². The van der Waals surface area contributed by atoms with E-state index in [1.54, 1.807) is 6.20 Å². The number of hydrogen-bond donors (Lipinski definition) is 0. The summed E-state index contributed by atoms with van der Waals surface area (Å²) < 4.78 is 5.88. The van der Waals surface area contributed by atoms with Crippen molar-refractivity contribution in [2.45, 2.75) is 38.6 Å². The Hall–Kier alpha value is -2.85. The van der Waals surface area contributed by atoms with Crippen molar-refractivity contribution in [1.29, 1.82) is 0 Å². The van der Waals surface area contributed by atoms with Crippen LogP contribution < -0.4 is 9.64 Å². The zero-order chi connectivity index (χ0) is 20.9. The molecule has 1 fully saturated rings. The lowest BCUT2D eigenvalue weighted by Gasteiger charge is -2.39. The molecule has 0 amide bonds. The van der Waals surface area contributed by atoms with Crippen LogP contribution in [0.15, 0.2) is 72.9 Å². The van der Waals surface area contributed by atoms with Gasteiger partial charge in [0.15, 0.2) is 0 Å². The van der Waals surface area contributed by atoms with Crippen LogP contribution in [-0.4, -0.2) is 36.1 Å². The SMILES string of the molecule is CC(C)c1ccc(N(c2ccc(Oc3ccccn3)cc2)C2CCN(C)CC2)cc1. The van der Waals surface area contributed by atoms with Gasteiger partial charge in [0.1, 0.15) is 5.75 Å². The van der Waals surface area contributed by atoms with Gasteiger partial charge in [0, 0.05) is 29.7 Å². The Morgan fingerprint density at radius 3 is 2.10 bits per heavy atom. The van der Waals surface area contributed by atoms with Crippen molar-refractivity contribution in [1.82, 2.24) is 9.88 Å². The van der Waals surface area contributed by atoms with Gasteiger partial charge in [-0.05, 0) is 86.9 Å². The van der Waals surface area contributed by atoms with E-state index in [2.05, 4.69) is 72.1 Å². The fourth-order valence-electron chi connectivity index (χ4n) is 4.05. The summed E-state index contributed by atoms with van der Waals surface area (Å²) in [5.74, 6) is 1.96. The van der Waals surface area contributed by atoms with Gasteiger partial charge in [-0.1, -0.05) is 32.0 Å². The summed E-state index contributed by atoms with van der Waals surface area (Å²) in [7, 11) is 2.21. The Morgan fingerprint density at radius 2 is 1.53 bits per heavy atom. The zero-order valence-corrected chi connectivity index (χ0v) is 18.2. The molecule has 2 aromatic carbocycles. The molecule has 1 aliphatic rings. The van der Waals surface area contributed by atoms with Gasteiger partial charge in [-0.25, -0.2) is 4.98 Å². The van der Waals surface area contributed by atoms with Crippen molar-refractivity contribution in [3.8, 4) is 11.6 Å². The van der Waals surface area contributed by atoms with E-state index in [4.69, 9.17) is 4.74 Å². The molecule has 2 heterocycles. The first-order valence-electron chi connectivity index (χ1n) is 10.9. The van der Waals surface area contributed by atoms with Crippen molar-refractivity contribution < 1.29 is 4.74 Å². The van der Waals surface area contributed by atoms with Crippen LogP contribution in [0.25, 0.3) is 0 Å². The molecule has 0 bridgehead atoms. The average Bonchev–Trinajstić information content (AvgIpc) is 2.77. The van der Waals surface area contributed by atoms with Crippen LogP contribution in [0.2, 0.25) is 0 Å². The summed E-state index contributed by atoms with van der Waals surface area (Å²) in [6.45, 7) is 6.74. The van der Waals surface area contributed by atoms with Gasteiger partial charge in [0.2, 0.25) is 5.88 Å². The maximum atomic E-state index is 5.88. The van der Waals surface area contributed by atoms with Crippen LogP contribution in [0.5, 0.6) is 11.6 Å². The summed E-state index contributed by atoms with van der Waals surface area (Å²) in [5.41, 5.74) is 3.84. The Labute approximate surface area is 180 Å². The number of piperidine rings is 1. The minimum absolute atomic E-state index is 0.494. The van der Waals surface area contributed by atoms with Crippen LogP contribution in [-0.2, 0) is 0 Å². The molecule has 4 nitrogen and oxygen atoms in total. The van der Waals surface area contributed by atoms with E-state index in [0.29, 0.717) is 17.8 Å². The molecule has 0 saturated carbocycles. The zero-order valence-electron chi connectivity index (χ0n) is 18.2. The van der Waals surface area contributed by atoms with Gasteiger partial charge < -0.3 is 14.5 Å². The van der Waals surface area contributed by atoms with E-state index < -0.39 is 0 Å². The predicted molar refractivity (Wildman–Crippen MR) is 124 cm³/mol. The number of nitrogens with zero attached hydrogens (tertiary/aromatic N) is 3. The van der Waals surface area contributed by atoms with Crippen molar-refractivity contribution in [3.63, 3.8) is 0 Å². The number of aromatic nitrogens is 1. The second-order valence-electron chi connectivity index (χ2n) is 8.41. The average molecular weight is 402 g/mol. The molecule has 1 saturated heterocycles. The third kappa shape index (κ3) is 4.82. The Balaban J connectivity index is 1.60. The molecule has 3 aromatic rings. The van der Waals surface area contributed by atoms with Gasteiger partial charge in [0.25, 0.3) is 0 Å². The van der Waals surface area contributed by atoms with Crippen molar-refractivity contribution in [2.75, 3.05) is 25.0 Å². The second kappa shape index (κ2) is 9.31. The molecule has 156 valence electrons. The lowest BCUT2D eigenvalue weighted by atomic mass is 9.99. The van der Waals surface area contributed by atoms with Crippen LogP contribution in [0.1, 0.15) is 38.2 Å². The molecular formula is C26H31N3O. The van der Waals surface area contributed by atoms with E-state index in [0.717, 1.165) is 31.7 Å². The summed E-state index contributed by atoms with van der Waals surface area (Å²) in [5, 5.41) is 0. The van der Waals surface area contributed by atoms with E-state index in [1.165, 1.54) is 16.9 Å². The minimum Gasteiger partial charge on any atom is -0.439 e. The summed E-state index contributed by atoms with van der Waals surface area (Å²) in [4.78, 5) is 9.16. The Bertz CT molecular complexity index is 915. The van der Waals surface area contributed by atoms with Crippen molar-refractivity contribution >= 4 is 11.4 Å². The Morgan fingerprint density at radius 1 is 0.900 bits per heavy atom.